The fourth-order valence-electron chi connectivity index (χ4n) is 2.63. The molecule has 2 rings (SSSR count). The number of hydrogen-bond donors (Lipinski definition) is 2. The standard InChI is InChI=1S/C17H26N2O2/c1-3-13(2)21-15-9-7-8-14(12-15)19-16(20)17(18)10-5-4-6-11-17/h7-9,12-13H,3-6,10-11,18H2,1-2H3,(H,19,20). The number of hydrogen-bond acceptors (Lipinski definition) is 3. The van der Waals surface area contributed by atoms with E-state index in [9.17, 15) is 4.79 Å². The molecule has 1 aromatic carbocycles. The highest BCUT2D eigenvalue weighted by Gasteiger charge is 2.35. The Labute approximate surface area is 127 Å². The minimum absolute atomic E-state index is 0.0807. The van der Waals surface area contributed by atoms with Gasteiger partial charge in [-0.05, 0) is 38.3 Å². The molecule has 1 unspecified atom stereocenters. The summed E-state index contributed by atoms with van der Waals surface area (Å²) >= 11 is 0. The third kappa shape index (κ3) is 4.21. The molecule has 1 aliphatic rings. The van der Waals surface area contributed by atoms with Crippen LogP contribution in [0.25, 0.3) is 0 Å². The zero-order chi connectivity index (χ0) is 15.3. The third-order valence-electron chi connectivity index (χ3n) is 4.20. The van der Waals surface area contributed by atoms with Crippen molar-refractivity contribution in [1.82, 2.24) is 0 Å². The predicted molar refractivity (Wildman–Crippen MR) is 85.5 cm³/mol. The van der Waals surface area contributed by atoms with Gasteiger partial charge >= 0.3 is 0 Å². The first-order valence-electron chi connectivity index (χ1n) is 7.90. The Balaban J connectivity index is 2.02. The van der Waals surface area contributed by atoms with E-state index in [-0.39, 0.29) is 12.0 Å². The highest BCUT2D eigenvalue weighted by Crippen LogP contribution is 2.28. The Morgan fingerprint density at radius 3 is 2.76 bits per heavy atom. The lowest BCUT2D eigenvalue weighted by atomic mass is 9.82. The molecule has 1 fully saturated rings. The summed E-state index contributed by atoms with van der Waals surface area (Å²) in [6.45, 7) is 4.11. The smallest absolute Gasteiger partial charge is 0.244 e. The monoisotopic (exact) mass is 290 g/mol. The zero-order valence-electron chi connectivity index (χ0n) is 13.0. The second-order valence-electron chi connectivity index (χ2n) is 6.04. The quantitative estimate of drug-likeness (QED) is 0.872. The van der Waals surface area contributed by atoms with Gasteiger partial charge in [0, 0.05) is 11.8 Å². The Kier molecular flexibility index (Phi) is 5.23. The Bertz CT molecular complexity index is 481. The van der Waals surface area contributed by atoms with Crippen molar-refractivity contribution in [1.29, 1.82) is 0 Å². The molecule has 0 radical (unpaired) electrons. The van der Waals surface area contributed by atoms with Gasteiger partial charge < -0.3 is 15.8 Å². The van der Waals surface area contributed by atoms with Crippen LogP contribution in [0.5, 0.6) is 5.75 Å². The number of ether oxygens (including phenoxy) is 1. The molecule has 1 atom stereocenters. The number of rotatable bonds is 5. The largest absolute Gasteiger partial charge is 0.491 e. The van der Waals surface area contributed by atoms with Gasteiger partial charge in [0.25, 0.3) is 0 Å². The van der Waals surface area contributed by atoms with E-state index >= 15 is 0 Å². The van der Waals surface area contributed by atoms with Crippen LogP contribution in [0.2, 0.25) is 0 Å². The lowest BCUT2D eigenvalue weighted by molar-refractivity contribution is -0.122. The average molecular weight is 290 g/mol. The normalized spacial score (nSPS) is 18.8. The van der Waals surface area contributed by atoms with Crippen LogP contribution >= 0.6 is 0 Å². The highest BCUT2D eigenvalue weighted by molar-refractivity contribution is 5.98. The fraction of sp³-hybridized carbons (Fsp3) is 0.588. The average Bonchev–Trinajstić information content (AvgIpc) is 2.48. The molecule has 21 heavy (non-hydrogen) atoms. The van der Waals surface area contributed by atoms with Crippen molar-refractivity contribution in [3.8, 4) is 5.75 Å². The minimum Gasteiger partial charge on any atom is -0.491 e. The van der Waals surface area contributed by atoms with Crippen LogP contribution in [-0.4, -0.2) is 17.6 Å². The van der Waals surface area contributed by atoms with Crippen LogP contribution in [0, 0.1) is 0 Å². The molecule has 1 aliphatic carbocycles. The van der Waals surface area contributed by atoms with Crippen molar-refractivity contribution < 1.29 is 9.53 Å². The Morgan fingerprint density at radius 2 is 2.10 bits per heavy atom. The summed E-state index contributed by atoms with van der Waals surface area (Å²) in [4.78, 5) is 12.4. The van der Waals surface area contributed by atoms with Gasteiger partial charge in [-0.15, -0.1) is 0 Å². The molecule has 0 aliphatic heterocycles. The first kappa shape index (κ1) is 15.8. The van der Waals surface area contributed by atoms with E-state index in [1.165, 1.54) is 6.42 Å². The molecule has 0 heterocycles. The first-order chi connectivity index (χ1) is 10.0. The third-order valence-corrected chi connectivity index (χ3v) is 4.20. The molecule has 0 saturated heterocycles. The number of carbonyl (C=O) groups is 1. The fourth-order valence-corrected chi connectivity index (χ4v) is 2.63. The molecule has 0 bridgehead atoms. The molecule has 1 amide bonds. The van der Waals surface area contributed by atoms with Crippen LogP contribution in [0.1, 0.15) is 52.4 Å². The molecular formula is C17H26N2O2. The van der Waals surface area contributed by atoms with Crippen molar-refractivity contribution in [2.45, 2.75) is 64.0 Å². The van der Waals surface area contributed by atoms with Gasteiger partial charge in [0.05, 0.1) is 11.6 Å². The summed E-state index contributed by atoms with van der Waals surface area (Å²) in [6, 6.07) is 7.52. The van der Waals surface area contributed by atoms with Crippen LogP contribution in [0.15, 0.2) is 24.3 Å². The number of benzene rings is 1. The Morgan fingerprint density at radius 1 is 1.38 bits per heavy atom. The zero-order valence-corrected chi connectivity index (χ0v) is 13.0. The van der Waals surface area contributed by atoms with Gasteiger partial charge in [-0.25, -0.2) is 0 Å². The molecule has 0 aromatic heterocycles. The van der Waals surface area contributed by atoms with Gasteiger partial charge in [0.2, 0.25) is 5.91 Å². The minimum atomic E-state index is -0.716. The SMILES string of the molecule is CCC(C)Oc1cccc(NC(=O)C2(N)CCCCC2)c1. The molecule has 4 heteroatoms. The summed E-state index contributed by atoms with van der Waals surface area (Å²) in [5.74, 6) is 0.694. The summed E-state index contributed by atoms with van der Waals surface area (Å²) < 4.78 is 5.77. The topological polar surface area (TPSA) is 64.3 Å². The van der Waals surface area contributed by atoms with Gasteiger partial charge in [-0.1, -0.05) is 32.3 Å². The maximum atomic E-state index is 12.4. The van der Waals surface area contributed by atoms with Crippen molar-refractivity contribution in [3.63, 3.8) is 0 Å². The van der Waals surface area contributed by atoms with Gasteiger partial charge in [0.15, 0.2) is 0 Å². The lowest BCUT2D eigenvalue weighted by Gasteiger charge is -2.31. The number of amides is 1. The van der Waals surface area contributed by atoms with E-state index in [1.807, 2.05) is 31.2 Å². The van der Waals surface area contributed by atoms with E-state index in [2.05, 4.69) is 12.2 Å². The molecule has 116 valence electrons. The van der Waals surface area contributed by atoms with E-state index in [0.29, 0.717) is 0 Å². The van der Waals surface area contributed by atoms with Crippen LogP contribution < -0.4 is 15.8 Å². The number of anilines is 1. The summed E-state index contributed by atoms with van der Waals surface area (Å²) in [5.41, 5.74) is 6.28. The van der Waals surface area contributed by atoms with Crippen LogP contribution in [-0.2, 0) is 4.79 Å². The second-order valence-corrected chi connectivity index (χ2v) is 6.04. The predicted octanol–water partition coefficient (Wildman–Crippen LogP) is 3.46. The molecule has 1 aromatic rings. The van der Waals surface area contributed by atoms with Gasteiger partial charge in [-0.2, -0.15) is 0 Å². The van der Waals surface area contributed by atoms with Crippen LogP contribution in [0.4, 0.5) is 5.69 Å². The Hall–Kier alpha value is -1.55. The molecule has 3 N–H and O–H groups in total. The van der Waals surface area contributed by atoms with Crippen LogP contribution in [0.3, 0.4) is 0 Å². The maximum Gasteiger partial charge on any atom is 0.244 e. The van der Waals surface area contributed by atoms with E-state index in [0.717, 1.165) is 43.5 Å². The molecule has 1 saturated carbocycles. The highest BCUT2D eigenvalue weighted by atomic mass is 16.5. The molecule has 0 spiro atoms. The lowest BCUT2D eigenvalue weighted by Crippen LogP contribution is -2.52. The molecule has 4 nitrogen and oxygen atoms in total. The first-order valence-corrected chi connectivity index (χ1v) is 7.90. The summed E-state index contributed by atoms with van der Waals surface area (Å²) in [7, 11) is 0. The number of nitrogens with one attached hydrogen (secondary N) is 1. The molecular weight excluding hydrogens is 264 g/mol. The van der Waals surface area contributed by atoms with Gasteiger partial charge in [0.1, 0.15) is 5.75 Å². The number of nitrogens with two attached hydrogens (primary N) is 1. The van der Waals surface area contributed by atoms with E-state index in [1.54, 1.807) is 0 Å². The van der Waals surface area contributed by atoms with Gasteiger partial charge in [-0.3, -0.25) is 4.79 Å². The van der Waals surface area contributed by atoms with E-state index < -0.39 is 5.54 Å². The van der Waals surface area contributed by atoms with Crippen molar-refractivity contribution in [2.24, 2.45) is 5.73 Å². The van der Waals surface area contributed by atoms with Crippen molar-refractivity contribution in [2.75, 3.05) is 5.32 Å². The van der Waals surface area contributed by atoms with Crippen molar-refractivity contribution >= 4 is 11.6 Å². The summed E-state index contributed by atoms with van der Waals surface area (Å²) in [6.07, 6.45) is 5.87. The maximum absolute atomic E-state index is 12.4. The van der Waals surface area contributed by atoms with Crippen molar-refractivity contribution in [3.05, 3.63) is 24.3 Å². The summed E-state index contributed by atoms with van der Waals surface area (Å²) in [5, 5.41) is 2.94. The number of carbonyl (C=O) groups excluding carboxylic acids is 1. The van der Waals surface area contributed by atoms with E-state index in [4.69, 9.17) is 10.5 Å². The second kappa shape index (κ2) is 6.94.